The summed E-state index contributed by atoms with van der Waals surface area (Å²) in [6.45, 7) is 0.0197. The predicted molar refractivity (Wildman–Crippen MR) is 29.5 cm³/mol. The highest BCUT2D eigenvalue weighted by Crippen LogP contribution is 2.08. The quantitative estimate of drug-likeness (QED) is 0.525. The van der Waals surface area contributed by atoms with Gasteiger partial charge in [-0.25, -0.2) is 4.79 Å². The molecule has 1 aliphatic rings. The summed E-state index contributed by atoms with van der Waals surface area (Å²) in [5.41, 5.74) is 0.308. The molecule has 5 nitrogen and oxygen atoms in total. The molecule has 52 valence electrons. The Morgan fingerprint density at radius 1 is 2.00 bits per heavy atom. The smallest absolute Gasteiger partial charge is 0.441 e. The molecule has 0 atom stereocenters. The number of hydrogen-bond acceptors (Lipinski definition) is 3. The first-order valence-corrected chi connectivity index (χ1v) is 2.50. The molecule has 0 aromatic rings. The van der Waals surface area contributed by atoms with Crippen molar-refractivity contribution in [1.29, 1.82) is 5.26 Å². The van der Waals surface area contributed by atoms with Crippen LogP contribution in [-0.4, -0.2) is 22.8 Å². The number of hydroxylamine groups is 2. The summed E-state index contributed by atoms with van der Waals surface area (Å²) in [6, 6.07) is 1.78. The molecule has 0 unspecified atom stereocenters. The van der Waals surface area contributed by atoms with Gasteiger partial charge in [0.2, 0.25) is 0 Å². The maximum absolute atomic E-state index is 10.1. The minimum Gasteiger partial charge on any atom is -0.463 e. The fourth-order valence-corrected chi connectivity index (χ4v) is 0.531. The van der Waals surface area contributed by atoms with Crippen LogP contribution in [0.15, 0.2) is 11.8 Å². The maximum atomic E-state index is 10.1. The molecule has 1 rings (SSSR count). The summed E-state index contributed by atoms with van der Waals surface area (Å²) in [4.78, 5) is 14.6. The molecule has 0 spiro atoms. The van der Waals surface area contributed by atoms with E-state index in [1.54, 1.807) is 6.07 Å². The standard InChI is InChI=1S/C5H4N2O3/c6-1-4-2-7(5(8)9)10-3-4/h3H,2H2,(H,8,9). The van der Waals surface area contributed by atoms with Gasteiger partial charge in [-0.15, -0.1) is 5.06 Å². The molecule has 1 heterocycles. The third-order valence-corrected chi connectivity index (χ3v) is 0.993. The summed E-state index contributed by atoms with van der Waals surface area (Å²) in [7, 11) is 0. The zero-order valence-electron chi connectivity index (χ0n) is 4.94. The molecule has 0 aliphatic carbocycles. The largest absolute Gasteiger partial charge is 0.463 e. The number of hydrogen-bond donors (Lipinski definition) is 1. The van der Waals surface area contributed by atoms with E-state index in [1.165, 1.54) is 0 Å². The second-order valence-electron chi connectivity index (χ2n) is 1.68. The maximum Gasteiger partial charge on any atom is 0.441 e. The van der Waals surface area contributed by atoms with Crippen LogP contribution in [-0.2, 0) is 4.84 Å². The highest BCUT2D eigenvalue weighted by molar-refractivity contribution is 5.64. The minimum atomic E-state index is -1.19. The van der Waals surface area contributed by atoms with Crippen molar-refractivity contribution in [2.24, 2.45) is 0 Å². The van der Waals surface area contributed by atoms with E-state index in [2.05, 4.69) is 4.84 Å². The summed E-state index contributed by atoms with van der Waals surface area (Å²) in [5, 5.41) is 17.2. The molecular formula is C5H4N2O3. The molecule has 1 aliphatic heterocycles. The molecule has 0 aromatic heterocycles. The molecule has 5 heteroatoms. The molecule has 1 amide bonds. The van der Waals surface area contributed by atoms with Crippen LogP contribution in [0.5, 0.6) is 0 Å². The topological polar surface area (TPSA) is 73.6 Å². The Bertz CT molecular complexity index is 228. The Balaban J connectivity index is 2.54. The lowest BCUT2D eigenvalue weighted by Crippen LogP contribution is -2.25. The van der Waals surface area contributed by atoms with Gasteiger partial charge in [-0.2, -0.15) is 5.26 Å². The first kappa shape index (κ1) is 6.42. The van der Waals surface area contributed by atoms with Gasteiger partial charge in [0.25, 0.3) is 0 Å². The first-order valence-electron chi connectivity index (χ1n) is 2.50. The number of nitrogens with zero attached hydrogens (tertiary/aromatic N) is 2. The minimum absolute atomic E-state index is 0.0197. The highest BCUT2D eigenvalue weighted by atomic mass is 16.7. The van der Waals surface area contributed by atoms with Crippen LogP contribution in [0.2, 0.25) is 0 Å². The summed E-state index contributed by atoms with van der Waals surface area (Å²) >= 11 is 0. The van der Waals surface area contributed by atoms with Gasteiger partial charge >= 0.3 is 6.09 Å². The van der Waals surface area contributed by atoms with Crippen molar-refractivity contribution in [1.82, 2.24) is 5.06 Å². The number of nitriles is 1. The van der Waals surface area contributed by atoms with Crippen LogP contribution >= 0.6 is 0 Å². The number of rotatable bonds is 0. The fraction of sp³-hybridized carbons (Fsp3) is 0.200. The average molecular weight is 140 g/mol. The van der Waals surface area contributed by atoms with E-state index in [0.29, 0.717) is 10.6 Å². The van der Waals surface area contributed by atoms with Crippen LogP contribution in [0.25, 0.3) is 0 Å². The fourth-order valence-electron chi connectivity index (χ4n) is 0.531. The molecule has 0 saturated heterocycles. The average Bonchev–Trinajstić information content (AvgIpc) is 2.34. The van der Waals surface area contributed by atoms with Crippen molar-refractivity contribution in [3.05, 3.63) is 11.8 Å². The zero-order chi connectivity index (χ0) is 7.56. The van der Waals surface area contributed by atoms with Crippen molar-refractivity contribution in [2.75, 3.05) is 6.54 Å². The lowest BCUT2D eigenvalue weighted by atomic mass is 10.3. The number of carbonyl (C=O) groups is 1. The van der Waals surface area contributed by atoms with E-state index >= 15 is 0 Å². The van der Waals surface area contributed by atoms with E-state index in [9.17, 15) is 4.79 Å². The third-order valence-electron chi connectivity index (χ3n) is 0.993. The van der Waals surface area contributed by atoms with Gasteiger partial charge in [-0.05, 0) is 0 Å². The second kappa shape index (κ2) is 2.27. The third kappa shape index (κ3) is 1.00. The van der Waals surface area contributed by atoms with Gasteiger partial charge in [0.1, 0.15) is 18.9 Å². The van der Waals surface area contributed by atoms with Crippen molar-refractivity contribution in [3.63, 3.8) is 0 Å². The summed E-state index contributed by atoms with van der Waals surface area (Å²) in [5.74, 6) is 0. The van der Waals surface area contributed by atoms with Gasteiger partial charge in [0, 0.05) is 0 Å². The molecule has 0 aromatic carbocycles. The highest BCUT2D eigenvalue weighted by Gasteiger charge is 2.20. The van der Waals surface area contributed by atoms with Gasteiger partial charge in [0.05, 0.1) is 5.57 Å². The van der Waals surface area contributed by atoms with E-state index in [0.717, 1.165) is 6.26 Å². The van der Waals surface area contributed by atoms with Gasteiger partial charge < -0.3 is 9.94 Å². The van der Waals surface area contributed by atoms with Crippen LogP contribution < -0.4 is 0 Å². The Labute approximate surface area is 56.7 Å². The summed E-state index contributed by atoms with van der Waals surface area (Å²) in [6.07, 6.45) is -0.0739. The number of amides is 1. The Hall–Kier alpha value is -1.70. The van der Waals surface area contributed by atoms with Crippen molar-refractivity contribution in [3.8, 4) is 6.07 Å². The van der Waals surface area contributed by atoms with E-state index in [-0.39, 0.29) is 6.54 Å². The Kier molecular flexibility index (Phi) is 1.46. The molecule has 10 heavy (non-hydrogen) atoms. The van der Waals surface area contributed by atoms with E-state index in [1.807, 2.05) is 0 Å². The molecule has 1 N–H and O–H groups in total. The lowest BCUT2D eigenvalue weighted by Gasteiger charge is -2.07. The molecule has 0 fully saturated rings. The van der Waals surface area contributed by atoms with E-state index in [4.69, 9.17) is 10.4 Å². The lowest BCUT2D eigenvalue weighted by molar-refractivity contribution is -0.0507. The first-order chi connectivity index (χ1) is 4.74. The monoisotopic (exact) mass is 140 g/mol. The normalized spacial score (nSPS) is 15.5. The predicted octanol–water partition coefficient (Wildman–Crippen LogP) is 0.319. The van der Waals surface area contributed by atoms with Gasteiger partial charge in [-0.3, -0.25) is 0 Å². The van der Waals surface area contributed by atoms with Crippen molar-refractivity contribution < 1.29 is 14.7 Å². The molecule has 0 saturated carbocycles. The Morgan fingerprint density at radius 3 is 3.00 bits per heavy atom. The molecular weight excluding hydrogens is 136 g/mol. The Morgan fingerprint density at radius 2 is 2.70 bits per heavy atom. The van der Waals surface area contributed by atoms with Gasteiger partial charge in [0.15, 0.2) is 0 Å². The van der Waals surface area contributed by atoms with Crippen LogP contribution in [0.3, 0.4) is 0 Å². The second-order valence-corrected chi connectivity index (χ2v) is 1.68. The van der Waals surface area contributed by atoms with Crippen LogP contribution in [0.1, 0.15) is 0 Å². The van der Waals surface area contributed by atoms with Crippen molar-refractivity contribution >= 4 is 6.09 Å². The van der Waals surface area contributed by atoms with E-state index < -0.39 is 6.09 Å². The van der Waals surface area contributed by atoms with Gasteiger partial charge in [-0.1, -0.05) is 0 Å². The molecule has 0 bridgehead atoms. The van der Waals surface area contributed by atoms with Crippen LogP contribution in [0, 0.1) is 11.3 Å². The number of carboxylic acid groups (broad SMARTS) is 1. The van der Waals surface area contributed by atoms with Crippen molar-refractivity contribution in [2.45, 2.75) is 0 Å². The zero-order valence-corrected chi connectivity index (χ0v) is 4.94. The SMILES string of the molecule is N#CC1=CON(C(=O)O)C1. The molecule has 0 radical (unpaired) electrons. The van der Waals surface area contributed by atoms with Crippen LogP contribution in [0.4, 0.5) is 4.79 Å². The summed E-state index contributed by atoms with van der Waals surface area (Å²) < 4.78 is 0.